The van der Waals surface area contributed by atoms with Crippen LogP contribution in [0.2, 0.25) is 0 Å². The average molecular weight is 330 g/mol. The van der Waals surface area contributed by atoms with Crippen LogP contribution in [0.15, 0.2) is 52.6 Å². The number of ether oxygens (including phenoxy) is 1. The molecule has 1 aromatic carbocycles. The zero-order valence-electron chi connectivity index (χ0n) is 12.1. The molecule has 0 atom stereocenters. The maximum atomic E-state index is 12.4. The Morgan fingerprint density at radius 1 is 1.30 bits per heavy atom. The molecule has 0 bridgehead atoms. The van der Waals surface area contributed by atoms with E-state index in [1.807, 2.05) is 17.5 Å². The maximum Gasteiger partial charge on any atom is 0.278 e. The summed E-state index contributed by atoms with van der Waals surface area (Å²) in [5.41, 5.74) is 0.861. The van der Waals surface area contributed by atoms with Gasteiger partial charge in [0.05, 0.1) is 11.5 Å². The van der Waals surface area contributed by atoms with Gasteiger partial charge >= 0.3 is 0 Å². The molecule has 6 nitrogen and oxygen atoms in total. The summed E-state index contributed by atoms with van der Waals surface area (Å²) in [6.07, 6.45) is 1.26. The van der Waals surface area contributed by atoms with E-state index in [4.69, 9.17) is 14.3 Å². The first-order valence-corrected chi connectivity index (χ1v) is 7.78. The lowest BCUT2D eigenvalue weighted by Crippen LogP contribution is -2.13. The summed E-state index contributed by atoms with van der Waals surface area (Å²) in [4.78, 5) is 17.2. The number of aromatic nitrogens is 1. The van der Waals surface area contributed by atoms with E-state index >= 15 is 0 Å². The molecular weight excluding hydrogens is 316 g/mol. The van der Waals surface area contributed by atoms with Gasteiger partial charge in [-0.2, -0.15) is 0 Å². The minimum Gasteiger partial charge on any atom is -0.491 e. The van der Waals surface area contributed by atoms with Gasteiger partial charge < -0.3 is 19.6 Å². The van der Waals surface area contributed by atoms with Gasteiger partial charge in [-0.15, -0.1) is 11.3 Å². The standard InChI is InChI=1S/C16H14N2O4S/c19-7-8-21-12-5-3-11(4-6-12)18-16(20)14-15(22-10-17-14)13-2-1-9-23-13/h1-6,9-10,19H,7-8H2,(H,18,20). The minimum atomic E-state index is -0.342. The van der Waals surface area contributed by atoms with Crippen molar-refractivity contribution in [1.82, 2.24) is 4.98 Å². The Kier molecular flexibility index (Phi) is 4.70. The highest BCUT2D eigenvalue weighted by molar-refractivity contribution is 7.13. The Morgan fingerprint density at radius 2 is 2.13 bits per heavy atom. The maximum absolute atomic E-state index is 12.4. The molecule has 2 N–H and O–H groups in total. The molecule has 1 amide bonds. The summed E-state index contributed by atoms with van der Waals surface area (Å²) in [5.74, 6) is 0.740. The highest BCUT2D eigenvalue weighted by Crippen LogP contribution is 2.28. The molecule has 0 spiro atoms. The Morgan fingerprint density at radius 3 is 2.83 bits per heavy atom. The van der Waals surface area contributed by atoms with Crippen LogP contribution in [0.25, 0.3) is 10.6 Å². The van der Waals surface area contributed by atoms with Gasteiger partial charge in [-0.05, 0) is 35.7 Å². The van der Waals surface area contributed by atoms with Crippen LogP contribution in [0.4, 0.5) is 5.69 Å². The first kappa shape index (κ1) is 15.3. The van der Waals surface area contributed by atoms with Crippen molar-refractivity contribution in [3.05, 3.63) is 53.9 Å². The molecule has 7 heteroatoms. The molecule has 118 valence electrons. The lowest BCUT2D eigenvalue weighted by molar-refractivity contribution is 0.102. The second-order valence-electron chi connectivity index (χ2n) is 4.56. The molecule has 0 aliphatic heterocycles. The first-order chi connectivity index (χ1) is 11.3. The molecule has 2 aromatic heterocycles. The SMILES string of the molecule is O=C(Nc1ccc(OCCO)cc1)c1ncoc1-c1cccs1. The lowest BCUT2D eigenvalue weighted by Gasteiger charge is -2.07. The van der Waals surface area contributed by atoms with Gasteiger partial charge in [0, 0.05) is 5.69 Å². The van der Waals surface area contributed by atoms with Crippen molar-refractivity contribution >= 4 is 22.9 Å². The van der Waals surface area contributed by atoms with Gasteiger partial charge in [-0.3, -0.25) is 4.79 Å². The quantitative estimate of drug-likeness (QED) is 0.726. The third-order valence-corrected chi connectivity index (χ3v) is 3.87. The van der Waals surface area contributed by atoms with E-state index in [0.29, 0.717) is 17.2 Å². The number of rotatable bonds is 6. The molecule has 0 saturated carbocycles. The van der Waals surface area contributed by atoms with Crippen LogP contribution in [0, 0.1) is 0 Å². The number of oxazole rings is 1. The van der Waals surface area contributed by atoms with Crippen molar-refractivity contribution in [3.8, 4) is 16.4 Å². The number of nitrogens with one attached hydrogen (secondary N) is 1. The molecule has 0 aliphatic carbocycles. The number of hydrogen-bond acceptors (Lipinski definition) is 6. The van der Waals surface area contributed by atoms with Gasteiger partial charge in [-0.25, -0.2) is 4.98 Å². The zero-order valence-corrected chi connectivity index (χ0v) is 12.9. The van der Waals surface area contributed by atoms with E-state index in [-0.39, 0.29) is 24.8 Å². The van der Waals surface area contributed by atoms with Gasteiger partial charge in [-0.1, -0.05) is 6.07 Å². The second-order valence-corrected chi connectivity index (χ2v) is 5.51. The first-order valence-electron chi connectivity index (χ1n) is 6.90. The molecule has 0 fully saturated rings. The minimum absolute atomic E-state index is 0.0455. The van der Waals surface area contributed by atoms with Crippen LogP contribution in [0.1, 0.15) is 10.5 Å². The smallest absolute Gasteiger partial charge is 0.278 e. The molecule has 0 radical (unpaired) electrons. The monoisotopic (exact) mass is 330 g/mol. The predicted octanol–water partition coefficient (Wildman–Crippen LogP) is 3.03. The molecule has 0 unspecified atom stereocenters. The summed E-state index contributed by atoms with van der Waals surface area (Å²) in [6.45, 7) is 0.185. The highest BCUT2D eigenvalue weighted by Gasteiger charge is 2.19. The fourth-order valence-electron chi connectivity index (χ4n) is 1.98. The summed E-state index contributed by atoms with van der Waals surface area (Å²) >= 11 is 1.48. The molecular formula is C16H14N2O4S. The highest BCUT2D eigenvalue weighted by atomic mass is 32.1. The number of carbonyl (C=O) groups excluding carboxylic acids is 1. The summed E-state index contributed by atoms with van der Waals surface area (Å²) in [6, 6.07) is 10.6. The Labute approximate surface area is 136 Å². The third-order valence-electron chi connectivity index (χ3n) is 3.00. The van der Waals surface area contributed by atoms with Crippen molar-refractivity contribution in [1.29, 1.82) is 0 Å². The van der Waals surface area contributed by atoms with Gasteiger partial charge in [0.25, 0.3) is 5.91 Å². The predicted molar refractivity (Wildman–Crippen MR) is 86.8 cm³/mol. The number of hydrogen-bond donors (Lipinski definition) is 2. The van der Waals surface area contributed by atoms with Crippen LogP contribution in [-0.2, 0) is 0 Å². The largest absolute Gasteiger partial charge is 0.491 e. The van der Waals surface area contributed by atoms with Crippen LogP contribution in [0.3, 0.4) is 0 Å². The van der Waals surface area contributed by atoms with Crippen molar-refractivity contribution in [2.45, 2.75) is 0 Å². The number of anilines is 1. The fourth-order valence-corrected chi connectivity index (χ4v) is 2.69. The Balaban J connectivity index is 1.71. The molecule has 3 rings (SSSR count). The van der Waals surface area contributed by atoms with Gasteiger partial charge in [0.1, 0.15) is 12.4 Å². The summed E-state index contributed by atoms with van der Waals surface area (Å²) in [7, 11) is 0. The zero-order chi connectivity index (χ0) is 16.1. The molecule has 0 aliphatic rings. The van der Waals surface area contributed by atoms with Crippen molar-refractivity contribution in [3.63, 3.8) is 0 Å². The van der Waals surface area contributed by atoms with E-state index in [1.165, 1.54) is 17.7 Å². The number of benzene rings is 1. The average Bonchev–Trinajstić information content (AvgIpc) is 3.24. The van der Waals surface area contributed by atoms with Crippen LogP contribution in [0.5, 0.6) is 5.75 Å². The van der Waals surface area contributed by atoms with Gasteiger partial charge in [0.2, 0.25) is 0 Å². The van der Waals surface area contributed by atoms with E-state index in [9.17, 15) is 4.79 Å². The summed E-state index contributed by atoms with van der Waals surface area (Å²) < 4.78 is 10.6. The number of aliphatic hydroxyl groups is 1. The topological polar surface area (TPSA) is 84.6 Å². The number of amides is 1. The second kappa shape index (κ2) is 7.08. The number of thiophene rings is 1. The molecule has 3 aromatic rings. The van der Waals surface area contributed by atoms with Crippen molar-refractivity contribution in [2.75, 3.05) is 18.5 Å². The van der Waals surface area contributed by atoms with E-state index < -0.39 is 0 Å². The number of nitrogens with zero attached hydrogens (tertiary/aromatic N) is 1. The van der Waals surface area contributed by atoms with E-state index in [0.717, 1.165) is 4.88 Å². The van der Waals surface area contributed by atoms with Crippen molar-refractivity contribution in [2.24, 2.45) is 0 Å². The summed E-state index contributed by atoms with van der Waals surface area (Å²) in [5, 5.41) is 13.4. The van der Waals surface area contributed by atoms with E-state index in [2.05, 4.69) is 10.3 Å². The molecule has 0 saturated heterocycles. The van der Waals surface area contributed by atoms with Crippen LogP contribution in [-0.4, -0.2) is 29.2 Å². The third kappa shape index (κ3) is 3.58. The van der Waals surface area contributed by atoms with Crippen LogP contribution >= 0.6 is 11.3 Å². The molecule has 2 heterocycles. The normalized spacial score (nSPS) is 10.5. The van der Waals surface area contributed by atoms with E-state index in [1.54, 1.807) is 24.3 Å². The fraction of sp³-hybridized carbons (Fsp3) is 0.125. The molecule has 23 heavy (non-hydrogen) atoms. The number of carbonyl (C=O) groups is 1. The van der Waals surface area contributed by atoms with Crippen molar-refractivity contribution < 1.29 is 19.1 Å². The Bertz CT molecular complexity index is 766. The van der Waals surface area contributed by atoms with Gasteiger partial charge in [0.15, 0.2) is 17.8 Å². The lowest BCUT2D eigenvalue weighted by atomic mass is 10.2. The number of aliphatic hydroxyl groups excluding tert-OH is 1. The van der Waals surface area contributed by atoms with Crippen LogP contribution < -0.4 is 10.1 Å². The Hall–Kier alpha value is -2.64.